The molecule has 2 aromatic carbocycles. The highest BCUT2D eigenvalue weighted by Gasteiger charge is 2.44. The standard InChI is InChI=1S/C52H65FN12O3/c1-2-34-30-64(49-42(34)25-40(29-58-49)63-20-13-47(67)59-50(63)68)36-11-14-51(15-12-36)16-21-60(22-17-51)33-52(53)18-23-61(24-19-52)44-26-37(8-7-35(44)28-54)65-38-9-10-39(65)32-62(31-38)45(48(56)57)27-43(55)41-5-3-4-6-46(41)66/h3-8,25-27,29-30,36,38-39,66H,2,9-24,31-33,55-57H2,1H3,(H,59,67,68)/b43-27-. The molecule has 5 saturated heterocycles. The third-order valence-electron chi connectivity index (χ3n) is 16.3. The SMILES string of the molecule is CCc1cn(C2CCC3(CC2)CCN(CC2(F)CCN(c4cc(N5C6CCC5CN(C(/C=C(\N)c5ccccc5O)=C(N)N)C6)ccc4C#N)CC2)CC3)c2ncc(N3CCC(=O)NC3=O)cc12. The van der Waals surface area contributed by atoms with Gasteiger partial charge in [-0.15, -0.1) is 0 Å². The molecule has 5 aliphatic heterocycles. The van der Waals surface area contributed by atoms with E-state index in [1.807, 2.05) is 12.1 Å². The number of hydrogen-bond donors (Lipinski definition) is 5. The van der Waals surface area contributed by atoms with Gasteiger partial charge in [0.05, 0.1) is 28.8 Å². The number of piperidine rings is 2. The smallest absolute Gasteiger partial charge is 0.328 e. The zero-order valence-corrected chi connectivity index (χ0v) is 39.2. The number of nitrogens with one attached hydrogen (secondary N) is 1. The van der Waals surface area contributed by atoms with E-state index in [1.165, 1.54) is 5.56 Å². The van der Waals surface area contributed by atoms with Crippen molar-refractivity contribution in [2.45, 2.75) is 108 Å². The summed E-state index contributed by atoms with van der Waals surface area (Å²) in [5.41, 5.74) is 24.9. The highest BCUT2D eigenvalue weighted by atomic mass is 19.1. The van der Waals surface area contributed by atoms with Crippen molar-refractivity contribution in [3.8, 4) is 11.8 Å². The quantitative estimate of drug-likeness (QED) is 0.107. The molecule has 1 saturated carbocycles. The molecule has 2 unspecified atom stereocenters. The molecule has 1 aliphatic carbocycles. The van der Waals surface area contributed by atoms with E-state index in [4.69, 9.17) is 22.2 Å². The maximum absolute atomic E-state index is 16.8. The van der Waals surface area contributed by atoms with Gasteiger partial charge in [0.25, 0.3) is 0 Å². The molecule has 7 heterocycles. The number of hydrogen-bond acceptors (Lipinski definition) is 12. The number of aryl methyl sites for hydroxylation is 1. The molecule has 16 heteroatoms. The van der Waals surface area contributed by atoms with Crippen LogP contribution in [0.2, 0.25) is 0 Å². The van der Waals surface area contributed by atoms with Gasteiger partial charge in [-0.1, -0.05) is 19.1 Å². The Kier molecular flexibility index (Phi) is 12.1. The second kappa shape index (κ2) is 18.2. The number of anilines is 3. The first-order valence-electron chi connectivity index (χ1n) is 24.7. The highest BCUT2D eigenvalue weighted by molar-refractivity contribution is 6.06. The summed E-state index contributed by atoms with van der Waals surface area (Å²) in [5, 5.41) is 24.1. The summed E-state index contributed by atoms with van der Waals surface area (Å²) < 4.78 is 19.2. The molecule has 8 N–H and O–H groups in total. The first-order valence-corrected chi connectivity index (χ1v) is 24.7. The van der Waals surface area contributed by atoms with Crippen molar-refractivity contribution in [3.63, 3.8) is 0 Å². The van der Waals surface area contributed by atoms with E-state index in [-0.39, 0.29) is 41.4 Å². The number of amides is 3. The molecular weight excluding hydrogens is 860 g/mol. The third kappa shape index (κ3) is 8.65. The van der Waals surface area contributed by atoms with Gasteiger partial charge < -0.3 is 46.5 Å². The van der Waals surface area contributed by atoms with E-state index in [1.54, 1.807) is 35.4 Å². The molecule has 6 aliphatic rings. The molecule has 1 spiro atoms. The van der Waals surface area contributed by atoms with Gasteiger partial charge in [-0.2, -0.15) is 5.26 Å². The number of imide groups is 1. The number of fused-ring (bicyclic) bond motifs is 3. The molecular formula is C52H65FN12O3. The van der Waals surface area contributed by atoms with E-state index >= 15 is 4.39 Å². The maximum atomic E-state index is 16.8. The van der Waals surface area contributed by atoms with E-state index in [0.717, 1.165) is 93.3 Å². The van der Waals surface area contributed by atoms with Crippen LogP contribution in [-0.4, -0.2) is 107 Å². The number of phenols is 1. The van der Waals surface area contributed by atoms with Crippen molar-refractivity contribution in [2.24, 2.45) is 22.6 Å². The Balaban J connectivity index is 0.734. The average Bonchev–Trinajstić information content (AvgIpc) is 3.84. The number of piperazine rings is 1. The van der Waals surface area contributed by atoms with Crippen LogP contribution in [0.25, 0.3) is 16.7 Å². The van der Waals surface area contributed by atoms with Crippen LogP contribution in [0.4, 0.5) is 26.2 Å². The number of carbonyl (C=O) groups excluding carboxylic acids is 2. The topological polar surface area (TPSA) is 202 Å². The second-order valence-corrected chi connectivity index (χ2v) is 20.3. The summed E-state index contributed by atoms with van der Waals surface area (Å²) in [7, 11) is 0. The second-order valence-electron chi connectivity index (χ2n) is 20.3. The van der Waals surface area contributed by atoms with Crippen molar-refractivity contribution in [2.75, 3.05) is 67.1 Å². The lowest BCUT2D eigenvalue weighted by atomic mass is 9.67. The number of para-hydroxylation sites is 1. The largest absolute Gasteiger partial charge is 0.507 e. The number of alkyl halides is 1. The van der Waals surface area contributed by atoms with Crippen LogP contribution in [0.1, 0.15) is 100 Å². The van der Waals surface area contributed by atoms with Crippen LogP contribution in [-0.2, 0) is 11.2 Å². The number of halogens is 1. The minimum Gasteiger partial charge on any atom is -0.507 e. The van der Waals surface area contributed by atoms with E-state index < -0.39 is 11.7 Å². The molecule has 2 atom stereocenters. The molecule has 2 bridgehead atoms. The Morgan fingerprint density at radius 3 is 2.29 bits per heavy atom. The predicted octanol–water partition coefficient (Wildman–Crippen LogP) is 6.57. The number of nitrogens with zero attached hydrogens (tertiary/aromatic N) is 8. The first kappa shape index (κ1) is 45.3. The van der Waals surface area contributed by atoms with Crippen molar-refractivity contribution in [3.05, 3.63) is 95.2 Å². The van der Waals surface area contributed by atoms with Crippen LogP contribution in [0.15, 0.2) is 78.5 Å². The fourth-order valence-corrected chi connectivity index (χ4v) is 12.4. The van der Waals surface area contributed by atoms with Gasteiger partial charge in [-0.25, -0.2) is 14.2 Å². The number of aromatic hydroxyl groups is 1. The first-order chi connectivity index (χ1) is 32.8. The van der Waals surface area contributed by atoms with Crippen molar-refractivity contribution >= 4 is 45.7 Å². The maximum Gasteiger partial charge on any atom is 0.328 e. The molecule has 6 fully saturated rings. The summed E-state index contributed by atoms with van der Waals surface area (Å²) in [4.78, 5) is 40.1. The average molecular weight is 925 g/mol. The number of carbonyl (C=O) groups is 2. The molecule has 15 nitrogen and oxygen atoms in total. The minimum absolute atomic E-state index is 0.0903. The van der Waals surface area contributed by atoms with Crippen LogP contribution >= 0.6 is 0 Å². The van der Waals surface area contributed by atoms with Crippen LogP contribution in [0, 0.1) is 16.7 Å². The molecule has 68 heavy (non-hydrogen) atoms. The number of likely N-dealkylation sites (tertiary alicyclic amines) is 2. The zero-order valence-electron chi connectivity index (χ0n) is 39.2. The van der Waals surface area contributed by atoms with Crippen molar-refractivity contribution in [1.29, 1.82) is 5.26 Å². The number of rotatable bonds is 10. The fraction of sp³-hybridized carbons (Fsp3) is 0.500. The van der Waals surface area contributed by atoms with Gasteiger partial charge in [0.1, 0.15) is 29.0 Å². The molecule has 0 radical (unpaired) electrons. The van der Waals surface area contributed by atoms with Gasteiger partial charge >= 0.3 is 6.03 Å². The zero-order chi connectivity index (χ0) is 47.3. The lowest BCUT2D eigenvalue weighted by molar-refractivity contribution is -0.120. The Bertz CT molecular complexity index is 2660. The lowest BCUT2D eigenvalue weighted by Gasteiger charge is -2.48. The lowest BCUT2D eigenvalue weighted by Crippen LogP contribution is -2.54. The van der Waals surface area contributed by atoms with E-state index in [0.29, 0.717) is 86.4 Å². The number of allylic oxidation sites excluding steroid dienone is 1. The third-order valence-corrected chi connectivity index (χ3v) is 16.3. The minimum atomic E-state index is -1.28. The molecule has 4 aromatic rings. The van der Waals surface area contributed by atoms with Crippen molar-refractivity contribution in [1.82, 2.24) is 24.7 Å². The number of urea groups is 1. The van der Waals surface area contributed by atoms with Gasteiger partial charge in [0, 0.05) is 105 Å². The summed E-state index contributed by atoms with van der Waals surface area (Å²) in [5.74, 6) is 0.0143. The van der Waals surface area contributed by atoms with Gasteiger partial charge in [0.2, 0.25) is 5.91 Å². The van der Waals surface area contributed by atoms with E-state index in [2.05, 4.69) is 66.9 Å². The number of benzene rings is 2. The van der Waals surface area contributed by atoms with Crippen LogP contribution in [0.3, 0.4) is 0 Å². The van der Waals surface area contributed by atoms with Gasteiger partial charge in [-0.3, -0.25) is 15.0 Å². The van der Waals surface area contributed by atoms with Crippen molar-refractivity contribution < 1.29 is 19.1 Å². The summed E-state index contributed by atoms with van der Waals surface area (Å²) in [6, 6.07) is 17.9. The molecule has 2 aromatic heterocycles. The Hall–Kier alpha value is -6.47. The molecule has 3 amide bonds. The van der Waals surface area contributed by atoms with Crippen LogP contribution in [0.5, 0.6) is 5.75 Å². The van der Waals surface area contributed by atoms with Crippen LogP contribution < -0.4 is 37.2 Å². The Labute approximate surface area is 398 Å². The van der Waals surface area contributed by atoms with Gasteiger partial charge in [-0.05, 0) is 124 Å². The monoisotopic (exact) mass is 925 g/mol. The summed E-state index contributed by atoms with van der Waals surface area (Å²) >= 11 is 0. The molecule has 358 valence electrons. The fourth-order valence-electron chi connectivity index (χ4n) is 12.4. The number of aromatic nitrogens is 2. The number of nitrogens with two attached hydrogens (primary N) is 3. The number of nitriles is 1. The Morgan fingerprint density at radius 1 is 0.912 bits per heavy atom. The number of phenolic OH excluding ortho intramolecular Hbond substituents is 1. The van der Waals surface area contributed by atoms with Gasteiger partial charge in [0.15, 0.2) is 0 Å². The summed E-state index contributed by atoms with van der Waals surface area (Å²) in [6.45, 7) is 7.28. The highest BCUT2D eigenvalue weighted by Crippen LogP contribution is 2.49. The number of pyridine rings is 1. The summed E-state index contributed by atoms with van der Waals surface area (Å²) in [6.07, 6.45) is 16.4. The van der Waals surface area contributed by atoms with E-state index in [9.17, 15) is 20.0 Å². The normalized spacial score (nSPS) is 23.3. The molecule has 10 rings (SSSR count). The predicted molar refractivity (Wildman–Crippen MR) is 263 cm³/mol. The Morgan fingerprint density at radius 2 is 1.63 bits per heavy atom.